The number of carbonyl (C=O) groups excluding carboxylic acids is 1. The van der Waals surface area contributed by atoms with E-state index >= 15 is 0 Å². The standard InChI is InChI=1S/C26H30N4O.C20H30N4O3/c1-18-6-3-7-19-8-4-10-23(24(18)19)30-15-22-21(26(17-30)11-12-26)14-27-25(28-22)31-16-20-9-5-13-29(20)2;1-19(2,3)27-18(25)24-11-16-15(20(13-24)7-8-20)10-21-17(22-16)26-12-14-6-5-9-23(14)4/h3-4,6-8,10,14,20H,5,9,11-13,15-17H2,1-2H3;10,14H,5-9,11-13H2,1-4H3/t20-;14-/m00/s1. The van der Waals surface area contributed by atoms with Crippen LogP contribution in [0.25, 0.3) is 10.8 Å². The van der Waals surface area contributed by atoms with Gasteiger partial charge in [0.25, 0.3) is 0 Å². The molecule has 2 aliphatic carbocycles. The van der Waals surface area contributed by atoms with Crippen LogP contribution in [0.3, 0.4) is 0 Å². The van der Waals surface area contributed by atoms with Crippen LogP contribution in [0.15, 0.2) is 48.8 Å². The summed E-state index contributed by atoms with van der Waals surface area (Å²) in [5.74, 6) is 0. The summed E-state index contributed by atoms with van der Waals surface area (Å²) in [5, 5.41) is 2.67. The second-order valence-corrected chi connectivity index (χ2v) is 18.9. The van der Waals surface area contributed by atoms with Gasteiger partial charge in [-0.2, -0.15) is 9.97 Å². The van der Waals surface area contributed by atoms with Gasteiger partial charge in [-0.3, -0.25) is 0 Å². The van der Waals surface area contributed by atoms with Crippen LogP contribution in [0.2, 0.25) is 0 Å². The lowest BCUT2D eigenvalue weighted by Crippen LogP contribution is -2.44. The van der Waals surface area contributed by atoms with E-state index in [1.807, 2.05) is 27.0 Å². The average molecular weight is 789 g/mol. The molecule has 0 unspecified atom stereocenters. The highest BCUT2D eigenvalue weighted by atomic mass is 16.6. The van der Waals surface area contributed by atoms with E-state index in [-0.39, 0.29) is 16.9 Å². The van der Waals surface area contributed by atoms with Gasteiger partial charge in [-0.05, 0) is 123 Å². The van der Waals surface area contributed by atoms with Crippen molar-refractivity contribution in [3.8, 4) is 12.0 Å². The minimum absolute atomic E-state index is 0.00862. The molecule has 308 valence electrons. The molecule has 0 bridgehead atoms. The lowest BCUT2D eigenvalue weighted by Gasteiger charge is -2.36. The molecule has 58 heavy (non-hydrogen) atoms. The van der Waals surface area contributed by atoms with Gasteiger partial charge in [0.1, 0.15) is 18.8 Å². The molecule has 4 fully saturated rings. The van der Waals surface area contributed by atoms with Crippen LogP contribution in [0.5, 0.6) is 12.0 Å². The summed E-state index contributed by atoms with van der Waals surface area (Å²) >= 11 is 0. The number of hydrogen-bond donors (Lipinski definition) is 0. The smallest absolute Gasteiger partial charge is 0.410 e. The molecule has 4 aliphatic heterocycles. The molecule has 0 radical (unpaired) electrons. The molecular weight excluding hydrogens is 729 g/mol. The van der Waals surface area contributed by atoms with Gasteiger partial charge in [0, 0.05) is 70.6 Å². The number of aromatic nitrogens is 4. The number of ether oxygens (including phenoxy) is 3. The van der Waals surface area contributed by atoms with Gasteiger partial charge in [0.15, 0.2) is 0 Å². The van der Waals surface area contributed by atoms with Crippen molar-refractivity contribution in [1.82, 2.24) is 34.6 Å². The van der Waals surface area contributed by atoms with Crippen molar-refractivity contribution in [1.29, 1.82) is 0 Å². The van der Waals surface area contributed by atoms with Crippen molar-refractivity contribution in [2.75, 3.05) is 58.4 Å². The Bertz CT molecular complexity index is 2160. The molecular formula is C46H60N8O4. The molecule has 6 aliphatic rings. The van der Waals surface area contributed by atoms with E-state index in [1.54, 1.807) is 4.90 Å². The van der Waals surface area contributed by atoms with E-state index in [0.29, 0.717) is 50.4 Å². The maximum atomic E-state index is 12.6. The molecule has 12 heteroatoms. The van der Waals surface area contributed by atoms with Gasteiger partial charge in [-0.1, -0.05) is 30.3 Å². The van der Waals surface area contributed by atoms with Crippen LogP contribution in [0.1, 0.15) is 100 Å². The number of likely N-dealkylation sites (tertiary alicyclic amines) is 2. The monoisotopic (exact) mass is 788 g/mol. The van der Waals surface area contributed by atoms with Crippen LogP contribution in [0.4, 0.5) is 10.5 Å². The predicted octanol–water partition coefficient (Wildman–Crippen LogP) is 7.19. The number of anilines is 1. The fourth-order valence-electron chi connectivity index (χ4n) is 9.71. The molecule has 2 atom stereocenters. The zero-order chi connectivity index (χ0) is 40.2. The fraction of sp³-hybridized carbons (Fsp3) is 0.587. The lowest BCUT2D eigenvalue weighted by molar-refractivity contribution is 0.0191. The molecule has 12 nitrogen and oxygen atoms in total. The molecule has 2 spiro atoms. The zero-order valence-electron chi connectivity index (χ0n) is 35.3. The van der Waals surface area contributed by atoms with Crippen molar-refractivity contribution in [3.05, 3.63) is 76.9 Å². The second kappa shape index (κ2) is 15.2. The van der Waals surface area contributed by atoms with Crippen LogP contribution >= 0.6 is 0 Å². The third kappa shape index (κ3) is 7.94. The summed E-state index contributed by atoms with van der Waals surface area (Å²) < 4.78 is 17.5. The molecule has 2 saturated heterocycles. The highest BCUT2D eigenvalue weighted by Gasteiger charge is 2.52. The summed E-state index contributed by atoms with van der Waals surface area (Å²) in [6.07, 6.45) is 13.1. The van der Waals surface area contributed by atoms with Gasteiger partial charge < -0.3 is 33.8 Å². The van der Waals surface area contributed by atoms with Crippen molar-refractivity contribution >= 4 is 22.6 Å². The number of likely N-dealkylation sites (N-methyl/N-ethyl adjacent to an activating group) is 2. The molecule has 1 amide bonds. The first-order valence-electron chi connectivity index (χ1n) is 21.5. The Morgan fingerprint density at radius 2 is 1.33 bits per heavy atom. The SMILES string of the molecule is CN1CCC[C@H]1COc1ncc2c(n1)CN(C(=O)OC(C)(C)C)CC21CC1.Cc1cccc2cccc(N3Cc4nc(OC[C@@H]5CCCN5C)ncc4C4(CC4)C3)c12. The topological polar surface area (TPSA) is 109 Å². The number of rotatable bonds is 7. The highest BCUT2D eigenvalue weighted by molar-refractivity contribution is 5.97. The maximum absolute atomic E-state index is 12.6. The summed E-state index contributed by atoms with van der Waals surface area (Å²) in [6, 6.07) is 15.1. The maximum Gasteiger partial charge on any atom is 0.410 e. The quantitative estimate of drug-likeness (QED) is 0.190. The average Bonchev–Trinajstić information content (AvgIpc) is 4.06. The number of carbonyl (C=O) groups is 1. The third-order valence-electron chi connectivity index (χ3n) is 13.4. The van der Waals surface area contributed by atoms with E-state index in [9.17, 15) is 4.79 Å². The first kappa shape index (κ1) is 38.9. The number of amides is 1. The Morgan fingerprint density at radius 3 is 1.86 bits per heavy atom. The van der Waals surface area contributed by atoms with Gasteiger partial charge in [-0.25, -0.2) is 14.8 Å². The Kier molecular flexibility index (Phi) is 10.2. The van der Waals surface area contributed by atoms with Crippen LogP contribution in [0, 0.1) is 6.92 Å². The molecule has 2 aromatic heterocycles. The number of nitrogens with zero attached hydrogens (tertiary/aromatic N) is 8. The molecule has 10 rings (SSSR count). The minimum atomic E-state index is -0.499. The zero-order valence-corrected chi connectivity index (χ0v) is 35.3. The van der Waals surface area contributed by atoms with Gasteiger partial charge in [0.2, 0.25) is 0 Å². The summed E-state index contributed by atoms with van der Waals surface area (Å²) in [4.78, 5) is 40.2. The Morgan fingerprint density at radius 1 is 0.776 bits per heavy atom. The Labute approximate surface area is 343 Å². The molecule has 4 aromatic rings. The summed E-state index contributed by atoms with van der Waals surface area (Å²) in [6.45, 7) is 14.4. The predicted molar refractivity (Wildman–Crippen MR) is 225 cm³/mol. The highest BCUT2D eigenvalue weighted by Crippen LogP contribution is 2.54. The van der Waals surface area contributed by atoms with Crippen LogP contribution in [-0.2, 0) is 28.7 Å². The van der Waals surface area contributed by atoms with Crippen LogP contribution < -0.4 is 14.4 Å². The van der Waals surface area contributed by atoms with Crippen molar-refractivity contribution in [2.24, 2.45) is 0 Å². The van der Waals surface area contributed by atoms with E-state index < -0.39 is 5.60 Å². The summed E-state index contributed by atoms with van der Waals surface area (Å²) in [7, 11) is 4.31. The van der Waals surface area contributed by atoms with Gasteiger partial charge >= 0.3 is 18.1 Å². The normalized spacial score (nSPS) is 23.0. The van der Waals surface area contributed by atoms with Crippen molar-refractivity contribution in [2.45, 2.75) is 121 Å². The van der Waals surface area contributed by atoms with E-state index in [1.165, 1.54) is 65.3 Å². The number of hydrogen-bond acceptors (Lipinski definition) is 11. The fourth-order valence-corrected chi connectivity index (χ4v) is 9.71. The molecule has 2 aromatic carbocycles. The van der Waals surface area contributed by atoms with Crippen molar-refractivity contribution in [3.63, 3.8) is 0 Å². The first-order chi connectivity index (χ1) is 27.9. The number of fused-ring (bicyclic) bond motifs is 5. The first-order valence-corrected chi connectivity index (χ1v) is 21.5. The largest absolute Gasteiger partial charge is 0.462 e. The van der Waals surface area contributed by atoms with E-state index in [0.717, 1.165) is 56.8 Å². The van der Waals surface area contributed by atoms with Gasteiger partial charge in [-0.15, -0.1) is 0 Å². The molecule has 0 N–H and O–H groups in total. The number of benzene rings is 2. The van der Waals surface area contributed by atoms with E-state index in [4.69, 9.17) is 19.2 Å². The van der Waals surface area contributed by atoms with Crippen molar-refractivity contribution < 1.29 is 19.0 Å². The minimum Gasteiger partial charge on any atom is -0.462 e. The Hall–Kier alpha value is -4.55. The lowest BCUT2D eigenvalue weighted by atomic mass is 9.90. The third-order valence-corrected chi connectivity index (χ3v) is 13.4. The molecule has 2 saturated carbocycles. The van der Waals surface area contributed by atoms with Gasteiger partial charge in [0.05, 0.1) is 24.5 Å². The number of aryl methyl sites for hydroxylation is 1. The summed E-state index contributed by atoms with van der Waals surface area (Å²) in [5.41, 5.74) is 6.92. The van der Waals surface area contributed by atoms with E-state index in [2.05, 4.69) is 93.3 Å². The Balaban J connectivity index is 0.000000152. The van der Waals surface area contributed by atoms with Crippen LogP contribution in [-0.4, -0.2) is 112 Å². The second-order valence-electron chi connectivity index (χ2n) is 18.9. The molecule has 6 heterocycles.